The lowest BCUT2D eigenvalue weighted by Gasteiger charge is -2.17. The first-order valence-electron chi connectivity index (χ1n) is 5.93. The summed E-state index contributed by atoms with van der Waals surface area (Å²) in [6.45, 7) is -0.144. The summed E-state index contributed by atoms with van der Waals surface area (Å²) in [5.41, 5.74) is 0.141. The number of alkyl halides is 3. The van der Waals surface area contributed by atoms with Crippen LogP contribution in [0, 0.1) is 0 Å². The van der Waals surface area contributed by atoms with Crippen LogP contribution >= 0.6 is 0 Å². The van der Waals surface area contributed by atoms with E-state index in [1.807, 2.05) is 5.32 Å². The molecule has 1 aromatic carbocycles. The minimum atomic E-state index is -4.90. The van der Waals surface area contributed by atoms with Crippen LogP contribution in [0.25, 0.3) is 0 Å². The summed E-state index contributed by atoms with van der Waals surface area (Å²) in [7, 11) is 0. The van der Waals surface area contributed by atoms with Gasteiger partial charge in [0.05, 0.1) is 5.56 Å². The van der Waals surface area contributed by atoms with Gasteiger partial charge in [-0.3, -0.25) is 4.79 Å². The molecule has 1 amide bonds. The lowest BCUT2D eigenvalue weighted by Crippen LogP contribution is -2.40. The van der Waals surface area contributed by atoms with Gasteiger partial charge >= 0.3 is 18.1 Å². The van der Waals surface area contributed by atoms with Crippen molar-refractivity contribution >= 4 is 11.9 Å². The van der Waals surface area contributed by atoms with E-state index in [0.717, 1.165) is 0 Å². The number of carboxylic acids is 1. The standard InChI is InChI=1S/C13H12F3NO3/c14-13(15,16)11(20)17-7-12(4-5-12)9-3-1-2-8(6-9)10(18)19/h1-3,6H,4-5,7H2,(H,17,20)(H,18,19). The average Bonchev–Trinajstić information content (AvgIpc) is 3.16. The molecule has 0 atom stereocenters. The van der Waals surface area contributed by atoms with Crippen LogP contribution in [0.5, 0.6) is 0 Å². The van der Waals surface area contributed by atoms with Crippen LogP contribution in [0.3, 0.4) is 0 Å². The van der Waals surface area contributed by atoms with Crippen LogP contribution in [0.15, 0.2) is 24.3 Å². The topological polar surface area (TPSA) is 66.4 Å². The minimum absolute atomic E-state index is 0.0796. The molecule has 0 aliphatic heterocycles. The van der Waals surface area contributed by atoms with Gasteiger partial charge in [0.2, 0.25) is 0 Å². The second-order valence-corrected chi connectivity index (χ2v) is 4.85. The molecule has 0 bridgehead atoms. The summed E-state index contributed by atoms with van der Waals surface area (Å²) in [6.07, 6.45) is -3.67. The van der Waals surface area contributed by atoms with E-state index in [9.17, 15) is 22.8 Å². The van der Waals surface area contributed by atoms with Gasteiger partial charge in [-0.05, 0) is 30.5 Å². The number of nitrogens with one attached hydrogen (secondary N) is 1. The predicted octanol–water partition coefficient (Wildman–Crippen LogP) is 2.09. The molecule has 1 saturated carbocycles. The zero-order chi connectivity index (χ0) is 15.0. The van der Waals surface area contributed by atoms with Crippen LogP contribution in [0.4, 0.5) is 13.2 Å². The molecule has 1 aliphatic rings. The number of carbonyl (C=O) groups is 2. The second-order valence-electron chi connectivity index (χ2n) is 4.85. The molecule has 0 spiro atoms. The van der Waals surface area contributed by atoms with Crippen molar-refractivity contribution in [2.75, 3.05) is 6.54 Å². The van der Waals surface area contributed by atoms with E-state index in [4.69, 9.17) is 5.11 Å². The SMILES string of the molecule is O=C(O)c1cccc(C2(CNC(=O)C(F)(F)F)CC2)c1. The van der Waals surface area contributed by atoms with Crippen molar-refractivity contribution in [2.45, 2.75) is 24.4 Å². The van der Waals surface area contributed by atoms with Gasteiger partial charge in [0, 0.05) is 12.0 Å². The number of hydrogen-bond acceptors (Lipinski definition) is 2. The van der Waals surface area contributed by atoms with E-state index in [1.54, 1.807) is 12.1 Å². The van der Waals surface area contributed by atoms with E-state index in [1.165, 1.54) is 12.1 Å². The molecule has 0 aromatic heterocycles. The monoisotopic (exact) mass is 287 g/mol. The molecule has 2 rings (SSSR count). The van der Waals surface area contributed by atoms with Crippen molar-refractivity contribution in [2.24, 2.45) is 0 Å². The van der Waals surface area contributed by atoms with E-state index in [2.05, 4.69) is 0 Å². The van der Waals surface area contributed by atoms with E-state index < -0.39 is 23.5 Å². The third-order valence-electron chi connectivity index (χ3n) is 3.42. The maximum atomic E-state index is 12.1. The first-order chi connectivity index (χ1) is 9.24. The number of carbonyl (C=O) groups excluding carboxylic acids is 1. The predicted molar refractivity (Wildman–Crippen MR) is 63.4 cm³/mol. The van der Waals surface area contributed by atoms with Crippen molar-refractivity contribution in [3.05, 3.63) is 35.4 Å². The highest BCUT2D eigenvalue weighted by atomic mass is 19.4. The second kappa shape index (κ2) is 4.81. The molecule has 20 heavy (non-hydrogen) atoms. The maximum absolute atomic E-state index is 12.1. The van der Waals surface area contributed by atoms with E-state index >= 15 is 0 Å². The van der Waals surface area contributed by atoms with Gasteiger partial charge in [0.25, 0.3) is 0 Å². The number of aromatic carboxylic acids is 1. The first kappa shape index (κ1) is 14.4. The molecule has 1 aromatic rings. The maximum Gasteiger partial charge on any atom is 0.471 e. The largest absolute Gasteiger partial charge is 0.478 e. The highest BCUT2D eigenvalue weighted by molar-refractivity contribution is 5.88. The number of halogens is 3. The molecule has 1 aliphatic carbocycles. The fraction of sp³-hybridized carbons (Fsp3) is 0.385. The molecule has 0 heterocycles. The van der Waals surface area contributed by atoms with Crippen molar-refractivity contribution in [3.8, 4) is 0 Å². The summed E-state index contributed by atoms with van der Waals surface area (Å²) in [5, 5.41) is 10.8. The molecule has 7 heteroatoms. The highest BCUT2D eigenvalue weighted by Crippen LogP contribution is 2.47. The Hall–Kier alpha value is -2.05. The molecule has 0 saturated heterocycles. The fourth-order valence-corrected chi connectivity index (χ4v) is 2.05. The van der Waals surface area contributed by atoms with Crippen LogP contribution in [-0.2, 0) is 10.2 Å². The van der Waals surface area contributed by atoms with Gasteiger partial charge in [-0.25, -0.2) is 4.79 Å². The van der Waals surface area contributed by atoms with Crippen LogP contribution in [0.1, 0.15) is 28.8 Å². The molecule has 1 fully saturated rings. The quantitative estimate of drug-likeness (QED) is 0.891. The molecule has 4 nitrogen and oxygen atoms in total. The molecule has 108 valence electrons. The summed E-state index contributed by atoms with van der Waals surface area (Å²) < 4.78 is 36.4. The van der Waals surface area contributed by atoms with Gasteiger partial charge in [-0.15, -0.1) is 0 Å². The van der Waals surface area contributed by atoms with Crippen molar-refractivity contribution in [1.82, 2.24) is 5.32 Å². The molecular formula is C13H12F3NO3. The number of benzene rings is 1. The van der Waals surface area contributed by atoms with Crippen molar-refractivity contribution in [3.63, 3.8) is 0 Å². The first-order valence-corrected chi connectivity index (χ1v) is 5.93. The summed E-state index contributed by atoms with van der Waals surface area (Å²) in [4.78, 5) is 21.7. The highest BCUT2D eigenvalue weighted by Gasteiger charge is 2.47. The van der Waals surface area contributed by atoms with Gasteiger partial charge < -0.3 is 10.4 Å². The van der Waals surface area contributed by atoms with Crippen LogP contribution in [-0.4, -0.2) is 29.7 Å². The lowest BCUT2D eigenvalue weighted by molar-refractivity contribution is -0.173. The van der Waals surface area contributed by atoms with Gasteiger partial charge in [-0.1, -0.05) is 12.1 Å². The van der Waals surface area contributed by atoms with Crippen LogP contribution < -0.4 is 5.32 Å². The summed E-state index contributed by atoms with van der Waals surface area (Å²) in [5.74, 6) is -3.07. The Bertz CT molecular complexity index is 550. The Morgan fingerprint density at radius 3 is 2.45 bits per heavy atom. The number of carboxylic acid groups (broad SMARTS) is 1. The fourth-order valence-electron chi connectivity index (χ4n) is 2.05. The van der Waals surface area contributed by atoms with Gasteiger partial charge in [-0.2, -0.15) is 13.2 Å². The number of rotatable bonds is 4. The van der Waals surface area contributed by atoms with E-state index in [0.29, 0.717) is 18.4 Å². The normalized spacial score (nSPS) is 16.6. The number of amides is 1. The average molecular weight is 287 g/mol. The molecule has 0 unspecified atom stereocenters. The summed E-state index contributed by atoms with van der Waals surface area (Å²) in [6, 6.07) is 6.06. The number of hydrogen-bond donors (Lipinski definition) is 2. The van der Waals surface area contributed by atoms with Gasteiger partial charge in [0.15, 0.2) is 0 Å². The Kier molecular flexibility index (Phi) is 3.45. The third-order valence-corrected chi connectivity index (χ3v) is 3.42. The zero-order valence-electron chi connectivity index (χ0n) is 10.3. The van der Waals surface area contributed by atoms with Crippen molar-refractivity contribution < 1.29 is 27.9 Å². The van der Waals surface area contributed by atoms with E-state index in [-0.39, 0.29) is 12.1 Å². The Labute approximate surface area is 112 Å². The Morgan fingerprint density at radius 1 is 1.30 bits per heavy atom. The molecule has 0 radical (unpaired) electrons. The Morgan fingerprint density at radius 2 is 1.95 bits per heavy atom. The lowest BCUT2D eigenvalue weighted by atomic mass is 9.94. The molecular weight excluding hydrogens is 275 g/mol. The Balaban J connectivity index is 2.10. The zero-order valence-corrected chi connectivity index (χ0v) is 10.3. The summed E-state index contributed by atoms with van der Waals surface area (Å²) >= 11 is 0. The van der Waals surface area contributed by atoms with Gasteiger partial charge in [0.1, 0.15) is 0 Å². The van der Waals surface area contributed by atoms with Crippen molar-refractivity contribution in [1.29, 1.82) is 0 Å². The minimum Gasteiger partial charge on any atom is -0.478 e. The van der Waals surface area contributed by atoms with Crippen LogP contribution in [0.2, 0.25) is 0 Å². The smallest absolute Gasteiger partial charge is 0.471 e. The third kappa shape index (κ3) is 2.92. The molecule has 2 N–H and O–H groups in total.